The maximum atomic E-state index is 13.0. The lowest BCUT2D eigenvalue weighted by atomic mass is 9.84. The maximum Gasteiger partial charge on any atom is 0.319 e. The molecule has 0 saturated heterocycles. The van der Waals surface area contributed by atoms with Gasteiger partial charge in [0.25, 0.3) is 0 Å². The molecular weight excluding hydrogens is 400 g/mol. The molecule has 1 aromatic heterocycles. The highest BCUT2D eigenvalue weighted by molar-refractivity contribution is 6.24. The lowest BCUT2D eigenvalue weighted by molar-refractivity contribution is -0.539. The first-order valence-electron chi connectivity index (χ1n) is 10.8. The molecule has 0 aliphatic carbocycles. The molecule has 5 aromatic rings. The maximum absolute atomic E-state index is 13.0. The standard InChI is InChI=1S/C26H23N4O2/c1-25(2)26(3,4)30(32)24(29(25)31)19-14-27-28(15-19)21-13-11-18-9-8-16-6-5-7-17-10-12-20(21)23(18)22(16)17/h5-15H,1-4H3. The summed E-state index contributed by atoms with van der Waals surface area (Å²) in [6.07, 6.45) is 3.37. The number of aromatic nitrogens is 2. The number of benzene rings is 4. The van der Waals surface area contributed by atoms with Crippen molar-refractivity contribution in [2.45, 2.75) is 38.8 Å². The Morgan fingerprint density at radius 2 is 1.50 bits per heavy atom. The minimum Gasteiger partial charge on any atom is -0.714 e. The summed E-state index contributed by atoms with van der Waals surface area (Å²) in [5.41, 5.74) is -0.299. The zero-order valence-electron chi connectivity index (χ0n) is 18.5. The minimum atomic E-state index is -0.862. The number of amidine groups is 1. The predicted molar refractivity (Wildman–Crippen MR) is 126 cm³/mol. The molecule has 4 aromatic carbocycles. The van der Waals surface area contributed by atoms with Crippen LogP contribution in [0.5, 0.6) is 0 Å². The van der Waals surface area contributed by atoms with Crippen LogP contribution in [0.3, 0.4) is 0 Å². The van der Waals surface area contributed by atoms with Crippen LogP contribution < -0.4 is 0 Å². The van der Waals surface area contributed by atoms with Gasteiger partial charge in [-0.3, -0.25) is 4.74 Å². The molecule has 0 bridgehead atoms. The number of rotatable bonds is 2. The van der Waals surface area contributed by atoms with Gasteiger partial charge in [-0.25, -0.2) is 4.68 Å². The van der Waals surface area contributed by atoms with Gasteiger partial charge in [-0.15, -0.1) is 0 Å². The van der Waals surface area contributed by atoms with E-state index < -0.39 is 11.1 Å². The highest BCUT2D eigenvalue weighted by Gasteiger charge is 2.60. The van der Waals surface area contributed by atoms with Crippen LogP contribution in [0.25, 0.3) is 38.0 Å². The summed E-state index contributed by atoms with van der Waals surface area (Å²) >= 11 is 0. The average Bonchev–Trinajstić information content (AvgIpc) is 3.30. The first-order valence-corrected chi connectivity index (χ1v) is 10.8. The van der Waals surface area contributed by atoms with E-state index in [0.717, 1.165) is 20.9 Å². The average molecular weight is 423 g/mol. The Morgan fingerprint density at radius 1 is 0.875 bits per heavy atom. The Kier molecular flexibility index (Phi) is 3.57. The van der Waals surface area contributed by atoms with Gasteiger partial charge in [-0.1, -0.05) is 53.6 Å². The number of hydroxylamine groups is 3. The number of nitrogens with zero attached hydrogens (tertiary/aromatic N) is 4. The molecule has 0 N–H and O–H groups in total. The van der Waals surface area contributed by atoms with Gasteiger partial charge in [0, 0.05) is 16.8 Å². The van der Waals surface area contributed by atoms with Crippen molar-refractivity contribution >= 4 is 38.2 Å². The second-order valence-corrected chi connectivity index (χ2v) is 9.64. The van der Waals surface area contributed by atoms with Gasteiger partial charge in [-0.05, 0) is 60.7 Å². The van der Waals surface area contributed by atoms with E-state index in [0.29, 0.717) is 5.56 Å². The van der Waals surface area contributed by atoms with Gasteiger partial charge in [-0.2, -0.15) is 5.10 Å². The van der Waals surface area contributed by atoms with E-state index in [-0.39, 0.29) is 5.84 Å². The van der Waals surface area contributed by atoms with Crippen molar-refractivity contribution in [1.82, 2.24) is 14.8 Å². The first-order chi connectivity index (χ1) is 15.2. The Hall–Kier alpha value is -3.64. The largest absolute Gasteiger partial charge is 0.714 e. The lowest BCUT2D eigenvalue weighted by Gasteiger charge is -2.32. The second-order valence-electron chi connectivity index (χ2n) is 9.64. The first kappa shape index (κ1) is 19.1. The van der Waals surface area contributed by atoms with Crippen molar-refractivity contribution in [2.24, 2.45) is 0 Å². The second kappa shape index (κ2) is 5.99. The third kappa shape index (κ3) is 2.22. The number of hydrogen-bond donors (Lipinski definition) is 0. The molecule has 0 amide bonds. The van der Waals surface area contributed by atoms with Crippen LogP contribution in [-0.2, 0) is 5.21 Å². The molecule has 6 rings (SSSR count). The van der Waals surface area contributed by atoms with E-state index in [4.69, 9.17) is 0 Å². The Labute approximate surface area is 185 Å². The highest BCUT2D eigenvalue weighted by atomic mass is 16.5. The van der Waals surface area contributed by atoms with Crippen molar-refractivity contribution in [3.63, 3.8) is 0 Å². The highest BCUT2D eigenvalue weighted by Crippen LogP contribution is 2.39. The van der Waals surface area contributed by atoms with Gasteiger partial charge >= 0.3 is 5.84 Å². The fraction of sp³-hybridized carbons (Fsp3) is 0.231. The van der Waals surface area contributed by atoms with Gasteiger partial charge < -0.3 is 5.21 Å². The van der Waals surface area contributed by atoms with Crippen LogP contribution in [0.15, 0.2) is 67.0 Å². The fourth-order valence-electron chi connectivity index (χ4n) is 4.83. The van der Waals surface area contributed by atoms with Crippen LogP contribution in [0.2, 0.25) is 0 Å². The molecule has 2 heterocycles. The van der Waals surface area contributed by atoms with E-state index in [9.17, 15) is 10.4 Å². The molecule has 0 unspecified atom stereocenters. The molecule has 32 heavy (non-hydrogen) atoms. The Bertz CT molecular complexity index is 1550. The Morgan fingerprint density at radius 3 is 2.16 bits per heavy atom. The van der Waals surface area contributed by atoms with E-state index in [1.54, 1.807) is 44.8 Å². The van der Waals surface area contributed by atoms with Gasteiger partial charge in [0.2, 0.25) is 0 Å². The van der Waals surface area contributed by atoms with Gasteiger partial charge in [0.1, 0.15) is 11.1 Å². The van der Waals surface area contributed by atoms with E-state index in [1.165, 1.54) is 26.9 Å². The molecule has 6 nitrogen and oxygen atoms in total. The summed E-state index contributed by atoms with van der Waals surface area (Å²) in [6, 6.07) is 19.0. The quantitative estimate of drug-likeness (QED) is 0.221. The third-order valence-electron chi connectivity index (χ3n) is 7.49. The Balaban J connectivity index is 1.56. The molecule has 0 fully saturated rings. The molecule has 1 aliphatic heterocycles. The summed E-state index contributed by atoms with van der Waals surface area (Å²) in [7, 11) is 0. The molecular formula is C26H23N4O2. The van der Waals surface area contributed by atoms with Crippen LogP contribution in [0, 0.1) is 5.21 Å². The van der Waals surface area contributed by atoms with Crippen LogP contribution >= 0.6 is 0 Å². The van der Waals surface area contributed by atoms with E-state index in [2.05, 4.69) is 53.6 Å². The van der Waals surface area contributed by atoms with Crippen LogP contribution in [0.1, 0.15) is 33.3 Å². The summed E-state index contributed by atoms with van der Waals surface area (Å²) in [6.45, 7) is 7.18. The van der Waals surface area contributed by atoms with E-state index >= 15 is 0 Å². The summed E-state index contributed by atoms with van der Waals surface area (Å²) < 4.78 is 2.58. The summed E-state index contributed by atoms with van der Waals surface area (Å²) in [5.74, 6) is 0.101. The number of hydrogen-bond acceptors (Lipinski definition) is 3. The minimum absolute atomic E-state index is 0.101. The molecule has 6 heteroatoms. The van der Waals surface area contributed by atoms with Crippen LogP contribution in [-0.4, -0.2) is 36.5 Å². The van der Waals surface area contributed by atoms with Crippen molar-refractivity contribution in [2.75, 3.05) is 0 Å². The topological polar surface area (TPSA) is 67.0 Å². The van der Waals surface area contributed by atoms with Crippen molar-refractivity contribution in [3.05, 3.63) is 77.8 Å². The lowest BCUT2D eigenvalue weighted by Crippen LogP contribution is -2.53. The van der Waals surface area contributed by atoms with Gasteiger partial charge in [0.05, 0.1) is 11.9 Å². The normalized spacial score (nSPS) is 18.0. The smallest absolute Gasteiger partial charge is 0.319 e. The molecule has 0 atom stereocenters. The van der Waals surface area contributed by atoms with Gasteiger partial charge in [0.15, 0.2) is 5.54 Å². The zero-order valence-corrected chi connectivity index (χ0v) is 18.5. The fourth-order valence-corrected chi connectivity index (χ4v) is 4.83. The molecule has 1 aliphatic rings. The molecule has 0 spiro atoms. The van der Waals surface area contributed by atoms with Crippen molar-refractivity contribution in [3.8, 4) is 5.69 Å². The molecule has 159 valence electrons. The van der Waals surface area contributed by atoms with E-state index in [1.807, 2.05) is 6.07 Å². The molecule has 0 saturated carbocycles. The third-order valence-corrected chi connectivity index (χ3v) is 7.49. The zero-order chi connectivity index (χ0) is 22.4. The summed E-state index contributed by atoms with van der Waals surface area (Å²) in [4.78, 5) is 0. The predicted octanol–water partition coefficient (Wildman–Crippen LogP) is 5.24. The summed E-state index contributed by atoms with van der Waals surface area (Å²) in [5, 5.41) is 38.5. The van der Waals surface area contributed by atoms with Crippen molar-refractivity contribution in [1.29, 1.82) is 0 Å². The van der Waals surface area contributed by atoms with Crippen molar-refractivity contribution < 1.29 is 9.95 Å². The van der Waals surface area contributed by atoms with Crippen LogP contribution in [0.4, 0.5) is 0 Å². The monoisotopic (exact) mass is 423 g/mol. The molecule has 1 radical (unpaired) electrons. The SMILES string of the molecule is CC1(C)N([O])C(c2cnn(-c3ccc4ccc5cccc6ccc3c4c56)c2)=[N+]([O-])C1(C)C.